The summed E-state index contributed by atoms with van der Waals surface area (Å²) in [4.78, 5) is 23.8. The highest BCUT2D eigenvalue weighted by atomic mass is 16.5. The van der Waals surface area contributed by atoms with Crippen LogP contribution in [-0.2, 0) is 4.74 Å². The molecule has 8 nitrogen and oxygen atoms in total. The van der Waals surface area contributed by atoms with Crippen molar-refractivity contribution in [3.8, 4) is 22.9 Å². The Labute approximate surface area is 201 Å². The number of hydrogen-bond acceptors (Lipinski definition) is 5. The first-order valence-electron chi connectivity index (χ1n) is 11.7. The van der Waals surface area contributed by atoms with E-state index >= 15 is 0 Å². The van der Waals surface area contributed by atoms with Gasteiger partial charge in [-0.05, 0) is 25.0 Å². The van der Waals surface area contributed by atoms with Crippen molar-refractivity contribution in [3.63, 3.8) is 0 Å². The highest BCUT2D eigenvalue weighted by Gasteiger charge is 2.25. The van der Waals surface area contributed by atoms with Gasteiger partial charge in [-0.3, -0.25) is 0 Å². The van der Waals surface area contributed by atoms with Crippen LogP contribution >= 0.6 is 0 Å². The molecule has 0 saturated carbocycles. The zero-order valence-corrected chi connectivity index (χ0v) is 19.9. The van der Waals surface area contributed by atoms with Crippen molar-refractivity contribution >= 4 is 17.6 Å². The second-order valence-electron chi connectivity index (χ2n) is 8.42. The molecule has 0 unspecified atom stereocenters. The van der Waals surface area contributed by atoms with Crippen molar-refractivity contribution < 1.29 is 14.3 Å². The molecular weight excluding hydrogens is 430 g/mol. The lowest BCUT2D eigenvalue weighted by Gasteiger charge is -2.32. The van der Waals surface area contributed by atoms with E-state index in [4.69, 9.17) is 14.5 Å². The molecule has 8 heteroatoms. The van der Waals surface area contributed by atoms with E-state index in [1.54, 1.807) is 13.2 Å². The van der Waals surface area contributed by atoms with Crippen LogP contribution in [-0.4, -0.2) is 86.2 Å². The zero-order chi connectivity index (χ0) is 23.9. The number of morpholine rings is 1. The van der Waals surface area contributed by atoms with Gasteiger partial charge in [-0.25, -0.2) is 9.79 Å². The molecule has 2 amide bonds. The van der Waals surface area contributed by atoms with Crippen molar-refractivity contribution in [2.45, 2.75) is 13.3 Å². The summed E-state index contributed by atoms with van der Waals surface area (Å²) in [7, 11) is 1.62. The minimum absolute atomic E-state index is 0.0896. The Bertz CT molecular complexity index is 1070. The van der Waals surface area contributed by atoms with Crippen LogP contribution in [0.2, 0.25) is 0 Å². The summed E-state index contributed by atoms with van der Waals surface area (Å²) >= 11 is 0. The Hall–Kier alpha value is -3.57. The zero-order valence-electron chi connectivity index (χ0n) is 19.9. The predicted octanol–water partition coefficient (Wildman–Crippen LogP) is 3.74. The van der Waals surface area contributed by atoms with Gasteiger partial charge in [-0.1, -0.05) is 30.3 Å². The van der Waals surface area contributed by atoms with Gasteiger partial charge in [0, 0.05) is 50.9 Å². The molecule has 2 saturated heterocycles. The Kier molecular flexibility index (Phi) is 7.65. The number of hydrogen-bond donors (Lipinski definition) is 0. The normalized spacial score (nSPS) is 17.2. The Morgan fingerprint density at radius 1 is 1.00 bits per heavy atom. The SMILES string of the molecule is COc1cc(/N=C(\C)N2CCCN(C(=O)N3CCOCC3)CC2)c(C#N)c(-c2ccccc2)c1. The fourth-order valence-electron chi connectivity index (χ4n) is 4.40. The number of nitrogens with zero attached hydrogens (tertiary/aromatic N) is 5. The standard InChI is InChI=1S/C26H31N5O3/c1-20(29-9-6-10-30(12-11-29)26(32)31-13-15-34-16-14-31)28-25-18-22(33-2)17-23(24(25)19-27)21-7-4-3-5-8-21/h3-5,7-8,17-18H,6,9-16H2,1-2H3/b28-20+. The Balaban J connectivity index is 1.55. The summed E-state index contributed by atoms with van der Waals surface area (Å²) in [5.41, 5.74) is 2.85. The number of rotatable bonds is 3. The number of ether oxygens (including phenoxy) is 2. The highest BCUT2D eigenvalue weighted by molar-refractivity contribution is 5.86. The van der Waals surface area contributed by atoms with Crippen LogP contribution in [0.5, 0.6) is 5.75 Å². The number of urea groups is 1. The van der Waals surface area contributed by atoms with E-state index in [0.717, 1.165) is 36.5 Å². The summed E-state index contributed by atoms with van der Waals surface area (Å²) in [6, 6.07) is 15.9. The van der Waals surface area contributed by atoms with Crippen LogP contribution in [0, 0.1) is 11.3 Å². The maximum Gasteiger partial charge on any atom is 0.320 e. The van der Waals surface area contributed by atoms with Gasteiger partial charge in [-0.15, -0.1) is 0 Å². The quantitative estimate of drug-likeness (QED) is 0.514. The van der Waals surface area contributed by atoms with Crippen molar-refractivity contribution in [1.29, 1.82) is 5.26 Å². The van der Waals surface area contributed by atoms with Crippen molar-refractivity contribution in [1.82, 2.24) is 14.7 Å². The molecule has 2 aliphatic rings. The van der Waals surface area contributed by atoms with Gasteiger partial charge in [0.2, 0.25) is 0 Å². The summed E-state index contributed by atoms with van der Waals surface area (Å²) < 4.78 is 10.9. The third kappa shape index (κ3) is 5.32. The highest BCUT2D eigenvalue weighted by Crippen LogP contribution is 2.35. The molecule has 0 aliphatic carbocycles. The summed E-state index contributed by atoms with van der Waals surface area (Å²) in [5, 5.41) is 9.98. The lowest BCUT2D eigenvalue weighted by Crippen LogP contribution is -2.49. The van der Waals surface area contributed by atoms with E-state index in [9.17, 15) is 10.1 Å². The van der Waals surface area contributed by atoms with Gasteiger partial charge in [-0.2, -0.15) is 5.26 Å². The number of aliphatic imine (C=N–C) groups is 1. The van der Waals surface area contributed by atoms with Crippen LogP contribution in [0.25, 0.3) is 11.1 Å². The third-order valence-electron chi connectivity index (χ3n) is 6.31. The number of nitriles is 1. The average Bonchev–Trinajstić information content (AvgIpc) is 3.15. The molecule has 2 aliphatic heterocycles. The van der Waals surface area contributed by atoms with Crippen molar-refractivity contribution in [2.75, 3.05) is 59.6 Å². The van der Waals surface area contributed by atoms with E-state index in [1.807, 2.05) is 53.1 Å². The van der Waals surface area contributed by atoms with Crippen LogP contribution < -0.4 is 4.74 Å². The maximum atomic E-state index is 12.9. The number of amidine groups is 1. The minimum Gasteiger partial charge on any atom is -0.497 e. The molecule has 0 N–H and O–H groups in total. The summed E-state index contributed by atoms with van der Waals surface area (Å²) in [5.74, 6) is 1.48. The first-order valence-corrected chi connectivity index (χ1v) is 11.7. The lowest BCUT2D eigenvalue weighted by atomic mass is 9.98. The van der Waals surface area contributed by atoms with E-state index in [-0.39, 0.29) is 6.03 Å². The minimum atomic E-state index is 0.0896. The number of carbonyl (C=O) groups excluding carboxylic acids is 1. The second-order valence-corrected chi connectivity index (χ2v) is 8.42. The predicted molar refractivity (Wildman–Crippen MR) is 131 cm³/mol. The molecule has 2 heterocycles. The number of amides is 2. The Morgan fingerprint density at radius 2 is 1.68 bits per heavy atom. The average molecular weight is 462 g/mol. The molecule has 4 rings (SSSR count). The molecular formula is C26H31N5O3. The van der Waals surface area contributed by atoms with Gasteiger partial charge >= 0.3 is 6.03 Å². The molecule has 0 aromatic heterocycles. The largest absolute Gasteiger partial charge is 0.497 e. The van der Waals surface area contributed by atoms with Crippen LogP contribution in [0.15, 0.2) is 47.5 Å². The number of carbonyl (C=O) groups is 1. The van der Waals surface area contributed by atoms with Crippen LogP contribution in [0.1, 0.15) is 18.9 Å². The molecule has 0 bridgehead atoms. The molecule has 0 spiro atoms. The first kappa shape index (κ1) is 23.6. The smallest absolute Gasteiger partial charge is 0.320 e. The van der Waals surface area contributed by atoms with E-state index in [0.29, 0.717) is 56.4 Å². The van der Waals surface area contributed by atoms with Gasteiger partial charge in [0.05, 0.1) is 31.6 Å². The van der Waals surface area contributed by atoms with Crippen LogP contribution in [0.3, 0.4) is 0 Å². The topological polar surface area (TPSA) is 81.4 Å². The molecule has 0 atom stereocenters. The fourth-order valence-corrected chi connectivity index (χ4v) is 4.40. The molecule has 0 radical (unpaired) electrons. The van der Waals surface area contributed by atoms with Gasteiger partial charge < -0.3 is 24.2 Å². The molecule has 34 heavy (non-hydrogen) atoms. The van der Waals surface area contributed by atoms with Gasteiger partial charge in [0.15, 0.2) is 0 Å². The van der Waals surface area contributed by atoms with E-state index in [1.165, 1.54) is 0 Å². The summed E-state index contributed by atoms with van der Waals surface area (Å²) in [6.45, 7) is 7.33. The van der Waals surface area contributed by atoms with Gasteiger partial charge in [0.25, 0.3) is 0 Å². The van der Waals surface area contributed by atoms with Crippen molar-refractivity contribution in [3.05, 3.63) is 48.0 Å². The molecule has 2 fully saturated rings. The maximum absolute atomic E-state index is 12.9. The number of benzene rings is 2. The first-order chi connectivity index (χ1) is 16.6. The Morgan fingerprint density at radius 3 is 2.38 bits per heavy atom. The monoisotopic (exact) mass is 461 g/mol. The van der Waals surface area contributed by atoms with E-state index < -0.39 is 0 Å². The molecule has 2 aromatic rings. The second kappa shape index (κ2) is 11.0. The van der Waals surface area contributed by atoms with E-state index in [2.05, 4.69) is 11.0 Å². The summed E-state index contributed by atoms with van der Waals surface area (Å²) in [6.07, 6.45) is 0.863. The molecule has 178 valence electrons. The van der Waals surface area contributed by atoms with Crippen LogP contribution in [0.4, 0.5) is 10.5 Å². The third-order valence-corrected chi connectivity index (χ3v) is 6.31. The van der Waals surface area contributed by atoms with Gasteiger partial charge in [0.1, 0.15) is 17.7 Å². The van der Waals surface area contributed by atoms with Crippen molar-refractivity contribution in [2.24, 2.45) is 4.99 Å². The molecule has 2 aromatic carbocycles. The lowest BCUT2D eigenvalue weighted by molar-refractivity contribution is 0.0437. The fraction of sp³-hybridized carbons (Fsp3) is 0.423. The number of methoxy groups -OCH3 is 1.